The maximum Gasteiger partial charge on any atom is 0.277 e. The molecule has 0 aromatic heterocycles. The number of carbonyl (C=O) groups is 1. The predicted molar refractivity (Wildman–Crippen MR) is 99.5 cm³/mol. The normalized spacial score (nSPS) is 10.7. The molecule has 1 amide bonds. The quantitative estimate of drug-likeness (QED) is 0.325. The van der Waals surface area contributed by atoms with Crippen LogP contribution in [0.15, 0.2) is 44.4 Å². The minimum atomic E-state index is -0.607. The molecule has 11 heteroatoms. The first-order valence-corrected chi connectivity index (χ1v) is 8.47. The van der Waals surface area contributed by atoms with Crippen LogP contribution in [0.5, 0.6) is 17.2 Å². The van der Waals surface area contributed by atoms with Crippen LogP contribution < -0.4 is 10.2 Å². The molecular formula is C15H11Br2N3O6. The van der Waals surface area contributed by atoms with Crippen LogP contribution in [0.4, 0.5) is 5.69 Å². The molecular weight excluding hydrogens is 478 g/mol. The molecule has 3 N–H and O–H groups in total. The Kier molecular flexibility index (Phi) is 6.52. The smallest absolute Gasteiger partial charge is 0.277 e. The molecule has 2 rings (SSSR count). The molecule has 9 nitrogen and oxygen atoms in total. The summed E-state index contributed by atoms with van der Waals surface area (Å²) in [7, 11) is 0. The van der Waals surface area contributed by atoms with Gasteiger partial charge in [-0.3, -0.25) is 14.9 Å². The third-order valence-corrected chi connectivity index (χ3v) is 4.34. The molecule has 26 heavy (non-hydrogen) atoms. The average Bonchev–Trinajstić information content (AvgIpc) is 2.62. The van der Waals surface area contributed by atoms with Gasteiger partial charge in [-0.15, -0.1) is 0 Å². The molecule has 136 valence electrons. The summed E-state index contributed by atoms with van der Waals surface area (Å²) in [6.45, 7) is -0.409. The van der Waals surface area contributed by atoms with Crippen LogP contribution in [0.2, 0.25) is 0 Å². The lowest BCUT2D eigenvalue weighted by Crippen LogP contribution is -2.24. The number of ether oxygens (including phenoxy) is 1. The Bertz CT molecular complexity index is 888. The van der Waals surface area contributed by atoms with E-state index in [0.717, 1.165) is 0 Å². The van der Waals surface area contributed by atoms with Gasteiger partial charge < -0.3 is 14.9 Å². The SMILES string of the molecule is O=C(COc1cccc([N+](=O)[O-])c1)NN=Cc1cc(Br)c(O)c(Br)c1O. The number of carbonyl (C=O) groups excluding carboxylic acids is 1. The fourth-order valence-corrected chi connectivity index (χ4v) is 2.91. The van der Waals surface area contributed by atoms with E-state index in [4.69, 9.17) is 4.74 Å². The minimum Gasteiger partial charge on any atom is -0.506 e. The van der Waals surface area contributed by atoms with Crippen molar-refractivity contribution in [1.29, 1.82) is 0 Å². The van der Waals surface area contributed by atoms with E-state index in [1.165, 1.54) is 36.5 Å². The molecule has 2 aromatic carbocycles. The van der Waals surface area contributed by atoms with Gasteiger partial charge in [-0.05, 0) is 44.0 Å². The molecule has 0 aliphatic carbocycles. The molecule has 2 aromatic rings. The highest BCUT2D eigenvalue weighted by Gasteiger charge is 2.13. The van der Waals surface area contributed by atoms with Crippen molar-refractivity contribution in [3.05, 3.63) is 55.0 Å². The predicted octanol–water partition coefficient (Wildman–Crippen LogP) is 3.06. The molecule has 0 atom stereocenters. The highest BCUT2D eigenvalue weighted by atomic mass is 79.9. The summed E-state index contributed by atoms with van der Waals surface area (Å²) in [5.74, 6) is -0.864. The number of non-ortho nitro benzene ring substituents is 1. The van der Waals surface area contributed by atoms with E-state index >= 15 is 0 Å². The first-order valence-electron chi connectivity index (χ1n) is 6.88. The van der Waals surface area contributed by atoms with Gasteiger partial charge in [0.2, 0.25) is 0 Å². The van der Waals surface area contributed by atoms with Crippen LogP contribution in [0.3, 0.4) is 0 Å². The van der Waals surface area contributed by atoms with Gasteiger partial charge in [0.1, 0.15) is 21.7 Å². The van der Waals surface area contributed by atoms with E-state index in [9.17, 15) is 25.1 Å². The summed E-state index contributed by atoms with van der Waals surface area (Å²) in [6.07, 6.45) is 1.18. The van der Waals surface area contributed by atoms with Crippen molar-refractivity contribution in [2.24, 2.45) is 5.10 Å². The van der Waals surface area contributed by atoms with Crippen molar-refractivity contribution in [3.8, 4) is 17.2 Å². The summed E-state index contributed by atoms with van der Waals surface area (Å²) in [5.41, 5.74) is 2.27. The van der Waals surface area contributed by atoms with Gasteiger partial charge in [0.05, 0.1) is 21.7 Å². The lowest BCUT2D eigenvalue weighted by atomic mass is 10.2. The summed E-state index contributed by atoms with van der Waals surface area (Å²) < 4.78 is 5.55. The van der Waals surface area contributed by atoms with Gasteiger partial charge in [-0.2, -0.15) is 5.10 Å². The van der Waals surface area contributed by atoms with E-state index in [1.54, 1.807) is 0 Å². The number of hydrogen-bond donors (Lipinski definition) is 3. The van der Waals surface area contributed by atoms with Gasteiger partial charge in [-0.1, -0.05) is 6.07 Å². The van der Waals surface area contributed by atoms with E-state index in [2.05, 4.69) is 42.4 Å². The molecule has 0 radical (unpaired) electrons. The number of halogens is 2. The Morgan fingerprint density at radius 1 is 1.31 bits per heavy atom. The fourth-order valence-electron chi connectivity index (χ4n) is 1.76. The number of hydrazone groups is 1. The van der Waals surface area contributed by atoms with Gasteiger partial charge in [-0.25, -0.2) is 5.43 Å². The van der Waals surface area contributed by atoms with E-state index in [1.807, 2.05) is 0 Å². The molecule has 0 saturated heterocycles. The third-order valence-electron chi connectivity index (χ3n) is 2.99. The minimum absolute atomic E-state index is 0.0775. The average molecular weight is 489 g/mol. The zero-order valence-corrected chi connectivity index (χ0v) is 16.0. The zero-order chi connectivity index (χ0) is 19.3. The molecule has 0 fully saturated rings. The number of hydrogen-bond acceptors (Lipinski definition) is 7. The number of phenols is 2. The van der Waals surface area contributed by atoms with Crippen molar-refractivity contribution in [1.82, 2.24) is 5.43 Å². The number of rotatable bonds is 6. The second-order valence-corrected chi connectivity index (χ2v) is 6.44. The van der Waals surface area contributed by atoms with Crippen molar-refractivity contribution >= 4 is 49.7 Å². The van der Waals surface area contributed by atoms with Crippen LogP contribution in [0, 0.1) is 10.1 Å². The molecule has 0 aliphatic heterocycles. The molecule has 0 aliphatic rings. The number of nitrogens with one attached hydrogen (secondary N) is 1. The van der Waals surface area contributed by atoms with E-state index in [0.29, 0.717) is 4.47 Å². The van der Waals surface area contributed by atoms with Gasteiger partial charge in [0.25, 0.3) is 11.6 Å². The summed E-state index contributed by atoms with van der Waals surface area (Å²) in [5, 5.41) is 33.9. The van der Waals surface area contributed by atoms with Crippen LogP contribution in [-0.4, -0.2) is 33.9 Å². The second-order valence-electron chi connectivity index (χ2n) is 4.80. The zero-order valence-electron chi connectivity index (χ0n) is 12.8. The second kappa shape index (κ2) is 8.63. The standard InChI is InChI=1S/C15H11Br2N3O6/c16-11-4-8(14(22)13(17)15(11)23)6-18-19-12(21)7-26-10-3-1-2-9(5-10)20(24)25/h1-6,22-23H,7H2,(H,19,21). The van der Waals surface area contributed by atoms with Crippen molar-refractivity contribution in [2.45, 2.75) is 0 Å². The lowest BCUT2D eigenvalue weighted by molar-refractivity contribution is -0.384. The lowest BCUT2D eigenvalue weighted by Gasteiger charge is -2.06. The number of phenolic OH excluding ortho intramolecular Hbond substituents is 2. The number of nitrogens with zero attached hydrogens (tertiary/aromatic N) is 2. The van der Waals surface area contributed by atoms with Gasteiger partial charge in [0, 0.05) is 11.6 Å². The Morgan fingerprint density at radius 3 is 2.73 bits per heavy atom. The van der Waals surface area contributed by atoms with E-state index in [-0.39, 0.29) is 33.0 Å². The number of aromatic hydroxyl groups is 2. The van der Waals surface area contributed by atoms with Crippen molar-refractivity contribution in [3.63, 3.8) is 0 Å². The molecule has 0 heterocycles. The topological polar surface area (TPSA) is 134 Å². The summed E-state index contributed by atoms with van der Waals surface area (Å²) in [4.78, 5) is 21.8. The van der Waals surface area contributed by atoms with Crippen LogP contribution in [-0.2, 0) is 4.79 Å². The Balaban J connectivity index is 1.94. The Morgan fingerprint density at radius 2 is 2.04 bits per heavy atom. The molecule has 0 unspecified atom stereocenters. The van der Waals surface area contributed by atoms with Crippen LogP contribution in [0.25, 0.3) is 0 Å². The van der Waals surface area contributed by atoms with E-state index < -0.39 is 17.4 Å². The maximum atomic E-state index is 11.7. The number of amides is 1. The van der Waals surface area contributed by atoms with Crippen LogP contribution >= 0.6 is 31.9 Å². The number of nitro benzene ring substituents is 1. The Labute approximate surface area is 163 Å². The molecule has 0 saturated carbocycles. The first-order chi connectivity index (χ1) is 12.3. The van der Waals surface area contributed by atoms with Gasteiger partial charge >= 0.3 is 0 Å². The highest BCUT2D eigenvalue weighted by molar-refractivity contribution is 9.11. The summed E-state index contributed by atoms with van der Waals surface area (Å²) in [6, 6.07) is 6.82. The monoisotopic (exact) mass is 487 g/mol. The summed E-state index contributed by atoms with van der Waals surface area (Å²) >= 11 is 6.13. The highest BCUT2D eigenvalue weighted by Crippen LogP contribution is 2.40. The van der Waals surface area contributed by atoms with Crippen LogP contribution in [0.1, 0.15) is 5.56 Å². The Hall–Kier alpha value is -2.66. The van der Waals surface area contributed by atoms with Crippen molar-refractivity contribution < 1.29 is 24.7 Å². The van der Waals surface area contributed by atoms with Crippen molar-refractivity contribution in [2.75, 3.05) is 6.61 Å². The first kappa shape index (κ1) is 19.7. The van der Waals surface area contributed by atoms with Gasteiger partial charge in [0.15, 0.2) is 6.61 Å². The molecule has 0 bridgehead atoms. The largest absolute Gasteiger partial charge is 0.506 e. The maximum absolute atomic E-state index is 11.7. The number of nitro groups is 1. The number of benzene rings is 2. The molecule has 0 spiro atoms. The fraction of sp³-hybridized carbons (Fsp3) is 0.0667. The third kappa shape index (κ3) is 4.92.